The van der Waals surface area contributed by atoms with Gasteiger partial charge in [0.05, 0.1) is 13.2 Å². The first kappa shape index (κ1) is 25.8. The summed E-state index contributed by atoms with van der Waals surface area (Å²) >= 11 is 1.58. The highest BCUT2D eigenvalue weighted by atomic mass is 32.1. The fourth-order valence-electron chi connectivity index (χ4n) is 4.66. The van der Waals surface area contributed by atoms with Gasteiger partial charge in [-0.1, -0.05) is 41.7 Å². The van der Waals surface area contributed by atoms with Crippen LogP contribution in [0.1, 0.15) is 31.0 Å². The Morgan fingerprint density at radius 1 is 1.00 bits per heavy atom. The number of aromatic nitrogens is 3. The van der Waals surface area contributed by atoms with E-state index >= 15 is 0 Å². The zero-order chi connectivity index (χ0) is 26.2. The maximum absolute atomic E-state index is 12.7. The van der Waals surface area contributed by atoms with Crippen molar-refractivity contribution in [2.24, 2.45) is 5.92 Å². The van der Waals surface area contributed by atoms with E-state index in [4.69, 9.17) is 4.74 Å². The lowest BCUT2D eigenvalue weighted by atomic mass is 9.96. The molecule has 0 unspecified atom stereocenters. The van der Waals surface area contributed by atoms with Crippen LogP contribution < -0.4 is 20.3 Å². The molecule has 0 aliphatic carbocycles. The molecular weight excluding hydrogens is 496 g/mol. The van der Waals surface area contributed by atoms with Crippen LogP contribution >= 0.6 is 11.3 Å². The van der Waals surface area contributed by atoms with Gasteiger partial charge in [0, 0.05) is 43.1 Å². The van der Waals surface area contributed by atoms with Crippen molar-refractivity contribution in [2.45, 2.75) is 32.7 Å². The van der Waals surface area contributed by atoms with Crippen molar-refractivity contribution < 1.29 is 9.53 Å². The summed E-state index contributed by atoms with van der Waals surface area (Å²) in [6.07, 6.45) is 4.53. The molecule has 1 aliphatic heterocycles. The number of hydrogen-bond acceptors (Lipinski definition) is 7. The Kier molecular flexibility index (Phi) is 8.55. The van der Waals surface area contributed by atoms with Gasteiger partial charge in [-0.15, -0.1) is 10.2 Å². The molecule has 38 heavy (non-hydrogen) atoms. The topological polar surface area (TPSA) is 84.3 Å². The van der Waals surface area contributed by atoms with Gasteiger partial charge < -0.3 is 20.3 Å². The van der Waals surface area contributed by atoms with Gasteiger partial charge in [-0.25, -0.2) is 0 Å². The minimum atomic E-state index is 0.0548. The van der Waals surface area contributed by atoms with E-state index in [2.05, 4.69) is 48.5 Å². The molecule has 198 valence electrons. The molecule has 3 heterocycles. The van der Waals surface area contributed by atoms with Gasteiger partial charge in [-0.3, -0.25) is 9.36 Å². The number of nitrogens with zero attached hydrogens (tertiary/aromatic N) is 4. The molecule has 0 atom stereocenters. The van der Waals surface area contributed by atoms with Crippen LogP contribution in [0.5, 0.6) is 5.75 Å². The highest BCUT2D eigenvalue weighted by Gasteiger charge is 2.26. The molecule has 9 heteroatoms. The summed E-state index contributed by atoms with van der Waals surface area (Å²) in [6, 6.07) is 22.4. The first-order valence-electron chi connectivity index (χ1n) is 13.2. The number of amides is 1. The predicted octanol–water partition coefficient (Wildman–Crippen LogP) is 4.91. The first-order chi connectivity index (χ1) is 18.7. The van der Waals surface area contributed by atoms with Gasteiger partial charge in [0.25, 0.3) is 0 Å². The highest BCUT2D eigenvalue weighted by Crippen LogP contribution is 2.29. The largest absolute Gasteiger partial charge is 0.494 e. The smallest absolute Gasteiger partial charge is 0.223 e. The molecule has 2 aromatic heterocycles. The number of benzene rings is 2. The monoisotopic (exact) mass is 530 g/mol. The fraction of sp³-hybridized carbons (Fsp3) is 0.345. The Bertz CT molecular complexity index is 1300. The maximum atomic E-state index is 12.7. The van der Waals surface area contributed by atoms with Gasteiger partial charge in [0.2, 0.25) is 16.2 Å². The number of ether oxygens (including phenoxy) is 1. The number of carbonyl (C=O) groups excluding carboxylic acids is 1. The average molecular weight is 531 g/mol. The van der Waals surface area contributed by atoms with E-state index in [0.717, 1.165) is 59.7 Å². The molecule has 0 saturated carbocycles. The first-order valence-corrected chi connectivity index (χ1v) is 14.0. The third-order valence-corrected chi connectivity index (χ3v) is 7.76. The van der Waals surface area contributed by atoms with Crippen molar-refractivity contribution in [3.8, 4) is 10.9 Å². The molecule has 0 spiro atoms. The molecule has 8 nitrogen and oxygen atoms in total. The van der Waals surface area contributed by atoms with Gasteiger partial charge in [-0.2, -0.15) is 0 Å². The number of piperidine rings is 1. The van der Waals surface area contributed by atoms with Crippen LogP contribution in [-0.2, 0) is 17.8 Å². The van der Waals surface area contributed by atoms with E-state index in [1.165, 1.54) is 5.56 Å². The molecule has 0 bridgehead atoms. The lowest BCUT2D eigenvalue weighted by Crippen LogP contribution is -2.41. The normalized spacial score (nSPS) is 13.9. The van der Waals surface area contributed by atoms with E-state index in [-0.39, 0.29) is 11.8 Å². The van der Waals surface area contributed by atoms with Crippen LogP contribution in [0.25, 0.3) is 5.13 Å². The van der Waals surface area contributed by atoms with E-state index in [0.29, 0.717) is 19.7 Å². The molecule has 1 amide bonds. The van der Waals surface area contributed by atoms with Gasteiger partial charge in [-0.05, 0) is 68.1 Å². The lowest BCUT2D eigenvalue weighted by molar-refractivity contribution is -0.125. The molecule has 5 rings (SSSR count). The van der Waals surface area contributed by atoms with Crippen LogP contribution in [0.15, 0.2) is 72.9 Å². The standard InChI is InChI=1S/C29H34N6O2S/c1-2-37-26-12-10-24(11-13-26)31-21-25-9-6-18-35(25)29-33-32-28(38-29)34-19-15-23(16-20-34)27(36)30-17-14-22-7-4-3-5-8-22/h3-13,18,23,31H,2,14-17,19-21H2,1H3,(H,30,36). The van der Waals surface area contributed by atoms with E-state index in [1.54, 1.807) is 11.3 Å². The minimum Gasteiger partial charge on any atom is -0.494 e. The summed E-state index contributed by atoms with van der Waals surface area (Å²) in [4.78, 5) is 14.9. The lowest BCUT2D eigenvalue weighted by Gasteiger charge is -2.30. The average Bonchev–Trinajstić information content (AvgIpc) is 3.63. The van der Waals surface area contributed by atoms with Crippen molar-refractivity contribution in [3.05, 3.63) is 84.2 Å². The van der Waals surface area contributed by atoms with Gasteiger partial charge in [0.1, 0.15) is 5.75 Å². The van der Waals surface area contributed by atoms with E-state index < -0.39 is 0 Å². The van der Waals surface area contributed by atoms with Crippen LogP contribution in [0.2, 0.25) is 0 Å². The molecule has 1 saturated heterocycles. The quantitative estimate of drug-likeness (QED) is 0.287. The minimum absolute atomic E-state index is 0.0548. The molecule has 1 aliphatic rings. The Morgan fingerprint density at radius 2 is 1.76 bits per heavy atom. The maximum Gasteiger partial charge on any atom is 0.223 e. The van der Waals surface area contributed by atoms with Crippen molar-refractivity contribution in [1.29, 1.82) is 0 Å². The Hall–Kier alpha value is -3.85. The number of rotatable bonds is 11. The van der Waals surface area contributed by atoms with Gasteiger partial charge in [0.15, 0.2) is 0 Å². The van der Waals surface area contributed by atoms with Crippen LogP contribution in [0, 0.1) is 5.92 Å². The van der Waals surface area contributed by atoms with Crippen molar-refractivity contribution in [2.75, 3.05) is 36.5 Å². The van der Waals surface area contributed by atoms with Gasteiger partial charge >= 0.3 is 0 Å². The summed E-state index contributed by atoms with van der Waals surface area (Å²) < 4.78 is 7.60. The van der Waals surface area contributed by atoms with E-state index in [9.17, 15) is 4.79 Å². The molecule has 4 aromatic rings. The Labute approximate surface area is 227 Å². The third-order valence-electron chi connectivity index (χ3n) is 6.77. The summed E-state index contributed by atoms with van der Waals surface area (Å²) in [5, 5.41) is 17.3. The second-order valence-electron chi connectivity index (χ2n) is 9.34. The zero-order valence-electron chi connectivity index (χ0n) is 21.7. The molecule has 0 radical (unpaired) electrons. The van der Waals surface area contributed by atoms with Crippen molar-refractivity contribution in [1.82, 2.24) is 20.1 Å². The fourth-order valence-corrected chi connectivity index (χ4v) is 5.58. The predicted molar refractivity (Wildman–Crippen MR) is 152 cm³/mol. The van der Waals surface area contributed by atoms with Crippen LogP contribution in [0.3, 0.4) is 0 Å². The van der Waals surface area contributed by atoms with Crippen LogP contribution in [0.4, 0.5) is 10.8 Å². The second-order valence-corrected chi connectivity index (χ2v) is 10.3. The Morgan fingerprint density at radius 3 is 2.53 bits per heavy atom. The summed E-state index contributed by atoms with van der Waals surface area (Å²) in [7, 11) is 0. The summed E-state index contributed by atoms with van der Waals surface area (Å²) in [6.45, 7) is 5.60. The molecule has 2 N–H and O–H groups in total. The molecule has 1 fully saturated rings. The summed E-state index contributed by atoms with van der Waals surface area (Å²) in [5.41, 5.74) is 3.38. The summed E-state index contributed by atoms with van der Waals surface area (Å²) in [5.74, 6) is 1.09. The molecular formula is C29H34N6O2S. The zero-order valence-corrected chi connectivity index (χ0v) is 22.5. The van der Waals surface area contributed by atoms with Crippen LogP contribution in [-0.4, -0.2) is 46.9 Å². The third kappa shape index (κ3) is 6.52. The number of hydrogen-bond donors (Lipinski definition) is 2. The Balaban J connectivity index is 1.11. The number of anilines is 2. The van der Waals surface area contributed by atoms with E-state index in [1.807, 2.05) is 61.7 Å². The van der Waals surface area contributed by atoms with Crippen molar-refractivity contribution >= 4 is 28.1 Å². The second kappa shape index (κ2) is 12.6. The highest BCUT2D eigenvalue weighted by molar-refractivity contribution is 7.17. The number of nitrogens with one attached hydrogen (secondary N) is 2. The SMILES string of the molecule is CCOc1ccc(NCc2cccn2-c2nnc(N3CCC(C(=O)NCCc4ccccc4)CC3)s2)cc1. The number of carbonyl (C=O) groups is 1. The molecule has 2 aromatic carbocycles. The van der Waals surface area contributed by atoms with Crippen molar-refractivity contribution in [3.63, 3.8) is 0 Å².